The van der Waals surface area contributed by atoms with Crippen molar-refractivity contribution in [2.75, 3.05) is 7.05 Å². The number of halogens is 1. The van der Waals surface area contributed by atoms with E-state index in [1.54, 1.807) is 6.07 Å². The molecule has 3 nitrogen and oxygen atoms in total. The summed E-state index contributed by atoms with van der Waals surface area (Å²) in [6.45, 7) is 0. The highest BCUT2D eigenvalue weighted by atomic mass is 35.5. The Morgan fingerprint density at radius 2 is 1.89 bits per heavy atom. The monoisotopic (exact) mass is 261 g/mol. The van der Waals surface area contributed by atoms with Gasteiger partial charge in [-0.05, 0) is 42.9 Å². The van der Waals surface area contributed by atoms with Crippen molar-refractivity contribution in [1.29, 1.82) is 0 Å². The van der Waals surface area contributed by atoms with Gasteiger partial charge in [0.1, 0.15) is 23.1 Å². The Labute approximate surface area is 109 Å². The van der Waals surface area contributed by atoms with Crippen LogP contribution in [0.3, 0.4) is 0 Å². The van der Waals surface area contributed by atoms with Crippen LogP contribution >= 0.6 is 11.6 Å². The average molecular weight is 262 g/mol. The van der Waals surface area contributed by atoms with Gasteiger partial charge in [-0.3, -0.25) is 0 Å². The van der Waals surface area contributed by atoms with Crippen LogP contribution in [0.15, 0.2) is 51.3 Å². The van der Waals surface area contributed by atoms with Gasteiger partial charge in [0.15, 0.2) is 5.22 Å². The molecule has 0 saturated heterocycles. The van der Waals surface area contributed by atoms with Crippen LogP contribution in [0, 0.1) is 0 Å². The van der Waals surface area contributed by atoms with Crippen LogP contribution in [0.5, 0.6) is 0 Å². The van der Waals surface area contributed by atoms with E-state index in [2.05, 4.69) is 5.32 Å². The van der Waals surface area contributed by atoms with E-state index in [4.69, 9.17) is 20.4 Å². The van der Waals surface area contributed by atoms with E-state index in [1.807, 2.05) is 43.4 Å². The Balaban J connectivity index is 2.05. The Kier molecular flexibility index (Phi) is 2.86. The van der Waals surface area contributed by atoms with E-state index in [9.17, 15) is 0 Å². The number of nitrogens with one attached hydrogen (secondary N) is 1. The van der Waals surface area contributed by atoms with Gasteiger partial charge in [-0.2, -0.15) is 0 Å². The Morgan fingerprint density at radius 3 is 2.56 bits per heavy atom. The summed E-state index contributed by atoms with van der Waals surface area (Å²) in [4.78, 5) is 0. The van der Waals surface area contributed by atoms with Gasteiger partial charge in [0.05, 0.1) is 0 Å². The first-order valence-electron chi connectivity index (χ1n) is 5.69. The molecule has 3 aromatic rings. The summed E-state index contributed by atoms with van der Waals surface area (Å²) in [6.07, 6.45) is 0. The van der Waals surface area contributed by atoms with E-state index in [0.717, 1.165) is 22.5 Å². The zero-order valence-corrected chi connectivity index (χ0v) is 10.6. The number of fused-ring (bicyclic) bond motifs is 1. The molecule has 92 valence electrons. The summed E-state index contributed by atoms with van der Waals surface area (Å²) < 4.78 is 11.2. The Bertz CT molecular complexity index is 638. The molecule has 0 fully saturated rings. The second-order valence-corrected chi connectivity index (χ2v) is 4.42. The second kappa shape index (κ2) is 4.52. The van der Waals surface area contributed by atoms with E-state index in [0.29, 0.717) is 5.22 Å². The van der Waals surface area contributed by atoms with Gasteiger partial charge in [0.25, 0.3) is 0 Å². The predicted octanol–water partition coefficient (Wildman–Crippen LogP) is 3.99. The SMILES string of the molecule is CNC(c1ccc(Cl)o1)c1cc2ccccc2o1. The number of hydrogen-bond donors (Lipinski definition) is 1. The summed E-state index contributed by atoms with van der Waals surface area (Å²) in [6, 6.07) is 13.3. The van der Waals surface area contributed by atoms with Gasteiger partial charge in [-0.1, -0.05) is 18.2 Å². The van der Waals surface area contributed by atoms with Gasteiger partial charge in [0, 0.05) is 5.39 Å². The predicted molar refractivity (Wildman–Crippen MR) is 70.8 cm³/mol. The molecule has 0 radical (unpaired) electrons. The maximum atomic E-state index is 5.82. The topological polar surface area (TPSA) is 38.3 Å². The maximum Gasteiger partial charge on any atom is 0.193 e. The van der Waals surface area contributed by atoms with Gasteiger partial charge in [-0.15, -0.1) is 0 Å². The fourth-order valence-electron chi connectivity index (χ4n) is 2.05. The van der Waals surface area contributed by atoms with Crippen LogP contribution in [0.2, 0.25) is 5.22 Å². The summed E-state index contributed by atoms with van der Waals surface area (Å²) in [5.41, 5.74) is 0.866. The lowest BCUT2D eigenvalue weighted by molar-refractivity contribution is 0.415. The first-order valence-corrected chi connectivity index (χ1v) is 6.06. The molecule has 1 unspecified atom stereocenters. The molecule has 18 heavy (non-hydrogen) atoms. The number of furan rings is 2. The molecule has 2 heterocycles. The molecule has 3 rings (SSSR count). The lowest BCUT2D eigenvalue weighted by Gasteiger charge is -2.09. The van der Waals surface area contributed by atoms with Gasteiger partial charge < -0.3 is 14.2 Å². The minimum Gasteiger partial charge on any atom is -0.459 e. The van der Waals surface area contributed by atoms with Gasteiger partial charge in [0.2, 0.25) is 0 Å². The quantitative estimate of drug-likeness (QED) is 0.775. The minimum absolute atomic E-state index is 0.134. The molecule has 0 aliphatic rings. The largest absolute Gasteiger partial charge is 0.459 e. The molecular weight excluding hydrogens is 250 g/mol. The molecule has 0 aliphatic carbocycles. The number of benzene rings is 1. The average Bonchev–Trinajstić information content (AvgIpc) is 2.96. The van der Waals surface area contributed by atoms with Crippen molar-refractivity contribution in [2.24, 2.45) is 0 Å². The van der Waals surface area contributed by atoms with Crippen molar-refractivity contribution in [3.8, 4) is 0 Å². The van der Waals surface area contributed by atoms with Crippen molar-refractivity contribution in [2.45, 2.75) is 6.04 Å². The highest BCUT2D eigenvalue weighted by Crippen LogP contribution is 2.29. The van der Waals surface area contributed by atoms with Gasteiger partial charge in [-0.25, -0.2) is 0 Å². The van der Waals surface area contributed by atoms with E-state index >= 15 is 0 Å². The van der Waals surface area contributed by atoms with E-state index in [1.165, 1.54) is 0 Å². The molecular formula is C14H12ClNO2. The smallest absolute Gasteiger partial charge is 0.193 e. The number of para-hydroxylation sites is 1. The third-order valence-electron chi connectivity index (χ3n) is 2.90. The first kappa shape index (κ1) is 11.4. The van der Waals surface area contributed by atoms with Crippen LogP contribution in [-0.2, 0) is 0 Å². The van der Waals surface area contributed by atoms with Crippen molar-refractivity contribution in [3.63, 3.8) is 0 Å². The molecule has 1 atom stereocenters. The second-order valence-electron chi connectivity index (χ2n) is 4.05. The summed E-state index contributed by atoms with van der Waals surface area (Å²) in [5.74, 6) is 1.55. The third kappa shape index (κ3) is 1.92. The van der Waals surface area contributed by atoms with Crippen molar-refractivity contribution in [1.82, 2.24) is 5.32 Å². The minimum atomic E-state index is -0.134. The molecule has 0 bridgehead atoms. The molecule has 2 aromatic heterocycles. The first-order chi connectivity index (χ1) is 8.78. The molecule has 1 aromatic carbocycles. The fraction of sp³-hybridized carbons (Fsp3) is 0.143. The van der Waals surface area contributed by atoms with E-state index < -0.39 is 0 Å². The summed E-state index contributed by atoms with van der Waals surface area (Å²) in [7, 11) is 1.86. The third-order valence-corrected chi connectivity index (χ3v) is 3.10. The van der Waals surface area contributed by atoms with Crippen LogP contribution in [0.1, 0.15) is 17.6 Å². The lowest BCUT2D eigenvalue weighted by atomic mass is 10.1. The zero-order chi connectivity index (χ0) is 12.5. The molecule has 1 N–H and O–H groups in total. The zero-order valence-electron chi connectivity index (χ0n) is 9.81. The Morgan fingerprint density at radius 1 is 1.06 bits per heavy atom. The number of hydrogen-bond acceptors (Lipinski definition) is 3. The van der Waals surface area contributed by atoms with Crippen LogP contribution in [0.4, 0.5) is 0 Å². The highest BCUT2D eigenvalue weighted by molar-refractivity contribution is 6.28. The van der Waals surface area contributed by atoms with Gasteiger partial charge >= 0.3 is 0 Å². The normalized spacial score (nSPS) is 13.0. The van der Waals surface area contributed by atoms with Crippen LogP contribution in [-0.4, -0.2) is 7.05 Å². The Hall–Kier alpha value is -1.71. The van der Waals surface area contributed by atoms with Crippen molar-refractivity contribution >= 4 is 22.6 Å². The lowest BCUT2D eigenvalue weighted by Crippen LogP contribution is -2.16. The molecule has 0 spiro atoms. The molecule has 0 saturated carbocycles. The molecule has 4 heteroatoms. The highest BCUT2D eigenvalue weighted by Gasteiger charge is 2.19. The van der Waals surface area contributed by atoms with Crippen molar-refractivity contribution in [3.05, 3.63) is 59.2 Å². The maximum absolute atomic E-state index is 5.82. The summed E-state index contributed by atoms with van der Waals surface area (Å²) in [5, 5.41) is 4.61. The number of rotatable bonds is 3. The molecule has 0 amide bonds. The van der Waals surface area contributed by atoms with E-state index in [-0.39, 0.29) is 6.04 Å². The molecule has 0 aliphatic heterocycles. The standard InChI is InChI=1S/C14H12ClNO2/c1-16-14(11-6-7-13(15)18-11)12-8-9-4-2-3-5-10(9)17-12/h2-8,14,16H,1H3. The van der Waals surface area contributed by atoms with Crippen LogP contribution < -0.4 is 5.32 Å². The summed E-state index contributed by atoms with van der Waals surface area (Å²) >= 11 is 5.80. The van der Waals surface area contributed by atoms with Crippen LogP contribution in [0.25, 0.3) is 11.0 Å². The fourth-order valence-corrected chi connectivity index (χ4v) is 2.20. The van der Waals surface area contributed by atoms with Crippen molar-refractivity contribution < 1.29 is 8.83 Å².